The number of thioether (sulfide) groups is 1. The van der Waals surface area contributed by atoms with Gasteiger partial charge in [-0.1, -0.05) is 23.4 Å². The highest BCUT2D eigenvalue weighted by molar-refractivity contribution is 8.14. The summed E-state index contributed by atoms with van der Waals surface area (Å²) in [7, 11) is 1.85. The predicted octanol–water partition coefficient (Wildman–Crippen LogP) is 5.16. The van der Waals surface area contributed by atoms with E-state index >= 15 is 0 Å². The number of aryl methyl sites for hydroxylation is 1. The molecule has 0 N–H and O–H groups in total. The number of rotatable bonds is 4. The summed E-state index contributed by atoms with van der Waals surface area (Å²) < 4.78 is 38.8. The summed E-state index contributed by atoms with van der Waals surface area (Å²) in [4.78, 5) is 10.9. The van der Waals surface area contributed by atoms with E-state index in [1.54, 1.807) is 18.5 Å². The fourth-order valence-corrected chi connectivity index (χ4v) is 3.54. The van der Waals surface area contributed by atoms with Gasteiger partial charge in [-0.25, -0.2) is 9.98 Å². The first-order valence-electron chi connectivity index (χ1n) is 7.65. The minimum absolute atomic E-state index is 0.0554. The van der Waals surface area contributed by atoms with E-state index in [-0.39, 0.29) is 6.42 Å². The van der Waals surface area contributed by atoms with E-state index in [1.165, 1.54) is 11.8 Å². The topological polar surface area (TPSA) is 33.4 Å². The van der Waals surface area contributed by atoms with Crippen LogP contribution in [0.25, 0.3) is 0 Å². The fourth-order valence-electron chi connectivity index (χ4n) is 2.46. The molecule has 0 atom stereocenters. The summed E-state index contributed by atoms with van der Waals surface area (Å²) in [6.45, 7) is 0.517. The number of amidine groups is 1. The van der Waals surface area contributed by atoms with Crippen molar-refractivity contribution in [3.05, 3.63) is 41.3 Å². The average molecular weight is 389 g/mol. The van der Waals surface area contributed by atoms with Crippen LogP contribution in [0, 0.1) is 0 Å². The standard InChI is InChI=1S/C16H16ClF3N4S/c1-23-10-21-13-9-24(12-5-3-11(17)4-6-12)15(22-14(13)23)25-8-2-7-16(18,19)20/h3-6,10H,2,7-9H2,1H3. The quantitative estimate of drug-likeness (QED) is 0.678. The molecule has 0 bridgehead atoms. The third-order valence-corrected chi connectivity index (χ3v) is 5.01. The number of halogens is 4. The van der Waals surface area contributed by atoms with Gasteiger partial charge >= 0.3 is 6.18 Å². The number of nitrogens with zero attached hydrogens (tertiary/aromatic N) is 4. The number of hydrogen-bond acceptors (Lipinski definition) is 4. The molecule has 134 valence electrons. The zero-order valence-corrected chi connectivity index (χ0v) is 15.0. The van der Waals surface area contributed by atoms with Gasteiger partial charge in [0.1, 0.15) is 5.69 Å². The Balaban J connectivity index is 1.80. The van der Waals surface area contributed by atoms with Crippen LogP contribution in [0.3, 0.4) is 0 Å². The highest BCUT2D eigenvalue weighted by Gasteiger charge is 2.27. The molecule has 1 aliphatic rings. The van der Waals surface area contributed by atoms with Crippen molar-refractivity contribution in [3.63, 3.8) is 0 Å². The predicted molar refractivity (Wildman–Crippen MR) is 95.7 cm³/mol. The van der Waals surface area contributed by atoms with Gasteiger partial charge in [-0.3, -0.25) is 0 Å². The van der Waals surface area contributed by atoms with E-state index in [0.717, 1.165) is 17.2 Å². The van der Waals surface area contributed by atoms with Crippen molar-refractivity contribution >= 4 is 40.0 Å². The van der Waals surface area contributed by atoms with Gasteiger partial charge in [0.15, 0.2) is 11.0 Å². The molecule has 2 heterocycles. The SMILES string of the molecule is Cn1cnc2c1N=C(SCCCC(F)(F)F)N(c1ccc(Cl)cc1)C2. The van der Waals surface area contributed by atoms with Crippen LogP contribution in [0.1, 0.15) is 18.5 Å². The van der Waals surface area contributed by atoms with Crippen molar-refractivity contribution in [2.24, 2.45) is 12.0 Å². The van der Waals surface area contributed by atoms with E-state index in [2.05, 4.69) is 9.98 Å². The Morgan fingerprint density at radius 2 is 1.96 bits per heavy atom. The first-order valence-corrected chi connectivity index (χ1v) is 9.01. The van der Waals surface area contributed by atoms with E-state index in [1.807, 2.05) is 28.6 Å². The Morgan fingerprint density at radius 1 is 1.24 bits per heavy atom. The number of aromatic nitrogens is 2. The molecule has 0 spiro atoms. The van der Waals surface area contributed by atoms with Crippen molar-refractivity contribution in [3.8, 4) is 0 Å². The molecule has 0 radical (unpaired) electrons. The van der Waals surface area contributed by atoms with Gasteiger partial charge in [0.2, 0.25) is 0 Å². The van der Waals surface area contributed by atoms with Crippen molar-refractivity contribution in [1.82, 2.24) is 9.55 Å². The number of benzene rings is 1. The number of hydrogen-bond donors (Lipinski definition) is 0. The van der Waals surface area contributed by atoms with Crippen LogP contribution in [-0.4, -0.2) is 26.6 Å². The van der Waals surface area contributed by atoms with Crippen LogP contribution in [0.15, 0.2) is 35.6 Å². The first-order chi connectivity index (χ1) is 11.8. The maximum Gasteiger partial charge on any atom is 0.389 e. The van der Waals surface area contributed by atoms with Crippen LogP contribution < -0.4 is 4.90 Å². The van der Waals surface area contributed by atoms with Crippen LogP contribution in [0.5, 0.6) is 0 Å². The normalized spacial score (nSPS) is 14.4. The Morgan fingerprint density at radius 3 is 2.64 bits per heavy atom. The summed E-state index contributed by atoms with van der Waals surface area (Å²) in [5.41, 5.74) is 1.71. The average Bonchev–Trinajstić information content (AvgIpc) is 2.91. The molecule has 0 fully saturated rings. The number of alkyl halides is 3. The third kappa shape index (κ3) is 4.49. The van der Waals surface area contributed by atoms with Gasteiger partial charge in [0.05, 0.1) is 12.9 Å². The largest absolute Gasteiger partial charge is 0.389 e. The molecule has 9 heteroatoms. The summed E-state index contributed by atoms with van der Waals surface area (Å²) in [6.07, 6.45) is -3.17. The summed E-state index contributed by atoms with van der Waals surface area (Å²) >= 11 is 7.26. The summed E-state index contributed by atoms with van der Waals surface area (Å²) in [5.74, 6) is 1.08. The van der Waals surface area contributed by atoms with E-state index < -0.39 is 12.6 Å². The molecule has 25 heavy (non-hydrogen) atoms. The molecule has 0 unspecified atom stereocenters. The molecule has 1 aliphatic heterocycles. The molecule has 1 aromatic heterocycles. The lowest BCUT2D eigenvalue weighted by Crippen LogP contribution is -2.31. The van der Waals surface area contributed by atoms with Crippen LogP contribution >= 0.6 is 23.4 Å². The van der Waals surface area contributed by atoms with Gasteiger partial charge < -0.3 is 9.47 Å². The molecule has 4 nitrogen and oxygen atoms in total. The maximum atomic E-state index is 12.3. The van der Waals surface area contributed by atoms with Gasteiger partial charge in [0.25, 0.3) is 0 Å². The van der Waals surface area contributed by atoms with Gasteiger partial charge in [-0.05, 0) is 30.7 Å². The number of fused-ring (bicyclic) bond motifs is 1. The van der Waals surface area contributed by atoms with Crippen LogP contribution in [0.2, 0.25) is 5.02 Å². The molecular formula is C16H16ClF3N4S. The fraction of sp³-hybridized carbons (Fsp3) is 0.375. The maximum absolute atomic E-state index is 12.3. The van der Waals surface area contributed by atoms with E-state index in [9.17, 15) is 13.2 Å². The molecule has 3 rings (SSSR count). The second-order valence-electron chi connectivity index (χ2n) is 5.65. The minimum atomic E-state index is -4.12. The van der Waals surface area contributed by atoms with Crippen molar-refractivity contribution in [1.29, 1.82) is 0 Å². The monoisotopic (exact) mass is 388 g/mol. The molecular weight excluding hydrogens is 373 g/mol. The van der Waals surface area contributed by atoms with Crippen LogP contribution in [0.4, 0.5) is 24.7 Å². The van der Waals surface area contributed by atoms with Gasteiger partial charge in [-0.15, -0.1) is 0 Å². The first kappa shape index (κ1) is 18.1. The molecule has 1 aromatic carbocycles. The lowest BCUT2D eigenvalue weighted by atomic mass is 10.2. The minimum Gasteiger partial charge on any atom is -0.319 e. The number of aliphatic imine (C=N–C) groups is 1. The molecule has 0 saturated carbocycles. The number of imidazole rings is 1. The van der Waals surface area contributed by atoms with E-state index in [0.29, 0.717) is 22.5 Å². The zero-order chi connectivity index (χ0) is 18.0. The second-order valence-corrected chi connectivity index (χ2v) is 7.15. The van der Waals surface area contributed by atoms with E-state index in [4.69, 9.17) is 11.6 Å². The lowest BCUT2D eigenvalue weighted by Gasteiger charge is -2.28. The smallest absolute Gasteiger partial charge is 0.319 e. The Labute approximate surface area is 152 Å². The third-order valence-electron chi connectivity index (χ3n) is 3.69. The summed E-state index contributed by atoms with van der Waals surface area (Å²) in [5, 5.41) is 1.29. The van der Waals surface area contributed by atoms with Crippen molar-refractivity contribution in [2.75, 3.05) is 10.7 Å². The summed E-state index contributed by atoms with van der Waals surface area (Å²) in [6, 6.07) is 7.28. The highest BCUT2D eigenvalue weighted by Crippen LogP contribution is 2.33. The Hall–Kier alpha value is -1.67. The molecule has 0 aliphatic carbocycles. The molecule has 2 aromatic rings. The molecule has 0 saturated heterocycles. The lowest BCUT2D eigenvalue weighted by molar-refractivity contribution is -0.134. The Kier molecular flexibility index (Phi) is 5.29. The second kappa shape index (κ2) is 7.29. The Bertz CT molecular complexity index is 771. The van der Waals surface area contributed by atoms with Crippen LogP contribution in [-0.2, 0) is 13.6 Å². The molecule has 0 amide bonds. The van der Waals surface area contributed by atoms with Crippen molar-refractivity contribution in [2.45, 2.75) is 25.6 Å². The van der Waals surface area contributed by atoms with Gasteiger partial charge in [0, 0.05) is 29.9 Å². The highest BCUT2D eigenvalue weighted by atomic mass is 35.5. The van der Waals surface area contributed by atoms with Gasteiger partial charge in [-0.2, -0.15) is 13.2 Å². The zero-order valence-electron chi connectivity index (χ0n) is 13.4. The van der Waals surface area contributed by atoms with Crippen molar-refractivity contribution < 1.29 is 13.2 Å². The number of anilines is 1.